The summed E-state index contributed by atoms with van der Waals surface area (Å²) >= 11 is 0. The third-order valence-electron chi connectivity index (χ3n) is 2.41. The number of H-pyrrole nitrogens is 1. The second-order valence-electron chi connectivity index (χ2n) is 3.31. The topological polar surface area (TPSA) is 36.1 Å². The fraction of sp³-hybridized carbons (Fsp3) is 0.444. The van der Waals surface area contributed by atoms with Crippen LogP contribution in [-0.2, 0) is 13.0 Å². The predicted molar refractivity (Wildman–Crippen MR) is 46.2 cm³/mol. The van der Waals surface area contributed by atoms with Gasteiger partial charge in [0.1, 0.15) is 0 Å². The first-order chi connectivity index (χ1) is 5.81. The first-order valence-corrected chi connectivity index (χ1v) is 4.14. The van der Waals surface area contributed by atoms with Crippen LogP contribution in [0.2, 0.25) is 0 Å². The van der Waals surface area contributed by atoms with Crippen molar-refractivity contribution in [1.29, 1.82) is 0 Å². The molecule has 0 radical (unpaired) electrons. The van der Waals surface area contributed by atoms with E-state index in [1.165, 1.54) is 11.3 Å². The number of aldehydes is 1. The van der Waals surface area contributed by atoms with E-state index in [0.29, 0.717) is 0 Å². The number of hydrogen-bond acceptors (Lipinski definition) is 2. The Morgan fingerprint density at radius 2 is 2.50 bits per heavy atom. The number of carbonyl (C=O) groups is 1. The van der Waals surface area contributed by atoms with Crippen LogP contribution in [-0.4, -0.2) is 29.8 Å². The van der Waals surface area contributed by atoms with E-state index in [4.69, 9.17) is 0 Å². The Kier molecular flexibility index (Phi) is 1.73. The van der Waals surface area contributed by atoms with E-state index in [9.17, 15) is 4.79 Å². The summed E-state index contributed by atoms with van der Waals surface area (Å²) < 4.78 is 0. The maximum atomic E-state index is 10.6. The number of nitrogens with one attached hydrogen (secondary N) is 1. The molecule has 2 rings (SSSR count). The first-order valence-electron chi connectivity index (χ1n) is 4.14. The Hall–Kier alpha value is -1.09. The molecule has 0 unspecified atom stereocenters. The van der Waals surface area contributed by atoms with Crippen molar-refractivity contribution >= 4 is 6.29 Å². The van der Waals surface area contributed by atoms with Crippen LogP contribution >= 0.6 is 0 Å². The molecule has 1 aromatic rings. The summed E-state index contributed by atoms with van der Waals surface area (Å²) in [5, 5.41) is 0. The van der Waals surface area contributed by atoms with Gasteiger partial charge in [0.15, 0.2) is 6.29 Å². The number of hydrogen-bond donors (Lipinski definition) is 1. The molecule has 0 atom stereocenters. The molecule has 0 aliphatic carbocycles. The third-order valence-corrected chi connectivity index (χ3v) is 2.41. The fourth-order valence-corrected chi connectivity index (χ4v) is 1.71. The van der Waals surface area contributed by atoms with Crippen molar-refractivity contribution in [1.82, 2.24) is 9.88 Å². The van der Waals surface area contributed by atoms with Gasteiger partial charge in [0.2, 0.25) is 0 Å². The molecule has 0 fully saturated rings. The molecule has 3 heteroatoms. The molecule has 1 aromatic heterocycles. The van der Waals surface area contributed by atoms with Gasteiger partial charge in [0.25, 0.3) is 0 Å². The summed E-state index contributed by atoms with van der Waals surface area (Å²) in [6, 6.07) is 0. The number of nitrogens with zero attached hydrogens (tertiary/aromatic N) is 1. The maximum absolute atomic E-state index is 10.6. The van der Waals surface area contributed by atoms with E-state index >= 15 is 0 Å². The van der Waals surface area contributed by atoms with Gasteiger partial charge in [-0.05, 0) is 19.0 Å². The summed E-state index contributed by atoms with van der Waals surface area (Å²) in [6.07, 6.45) is 3.72. The van der Waals surface area contributed by atoms with Crippen molar-refractivity contribution in [2.75, 3.05) is 13.6 Å². The Morgan fingerprint density at radius 1 is 1.67 bits per heavy atom. The SMILES string of the molecule is CN1CCc2c(C=O)c[nH]c2C1. The minimum Gasteiger partial charge on any atom is -0.363 e. The minimum atomic E-state index is 0.832. The van der Waals surface area contributed by atoms with Gasteiger partial charge in [-0.3, -0.25) is 4.79 Å². The highest BCUT2D eigenvalue weighted by Crippen LogP contribution is 2.19. The average Bonchev–Trinajstić information content (AvgIpc) is 2.46. The monoisotopic (exact) mass is 164 g/mol. The number of fused-ring (bicyclic) bond motifs is 1. The molecule has 0 saturated carbocycles. The highest BCUT2D eigenvalue weighted by atomic mass is 16.1. The molecule has 64 valence electrons. The standard InChI is InChI=1S/C9H12N2O/c1-11-3-2-8-7(6-12)4-10-9(8)5-11/h4,6,10H,2-3,5H2,1H3. The minimum absolute atomic E-state index is 0.832. The number of likely N-dealkylation sites (N-methyl/N-ethyl adjacent to an activating group) is 1. The molecular formula is C9H12N2O. The Bertz CT molecular complexity index is 303. The molecule has 3 nitrogen and oxygen atoms in total. The molecule has 2 heterocycles. The molecule has 1 aliphatic rings. The van der Waals surface area contributed by atoms with E-state index < -0.39 is 0 Å². The van der Waals surface area contributed by atoms with Crippen LogP contribution in [0.25, 0.3) is 0 Å². The van der Waals surface area contributed by atoms with E-state index in [-0.39, 0.29) is 0 Å². The fourth-order valence-electron chi connectivity index (χ4n) is 1.71. The molecule has 0 spiro atoms. The molecule has 1 N–H and O–H groups in total. The van der Waals surface area contributed by atoms with Gasteiger partial charge < -0.3 is 9.88 Å². The van der Waals surface area contributed by atoms with Crippen molar-refractivity contribution in [2.45, 2.75) is 13.0 Å². The van der Waals surface area contributed by atoms with Gasteiger partial charge in [0.05, 0.1) is 0 Å². The highest BCUT2D eigenvalue weighted by Gasteiger charge is 2.17. The van der Waals surface area contributed by atoms with Crippen molar-refractivity contribution in [3.05, 3.63) is 23.0 Å². The highest BCUT2D eigenvalue weighted by molar-refractivity contribution is 5.77. The van der Waals surface area contributed by atoms with E-state index in [0.717, 1.165) is 31.4 Å². The lowest BCUT2D eigenvalue weighted by molar-refractivity contribution is 0.112. The largest absolute Gasteiger partial charge is 0.363 e. The van der Waals surface area contributed by atoms with Crippen molar-refractivity contribution < 1.29 is 4.79 Å². The van der Waals surface area contributed by atoms with Gasteiger partial charge in [0, 0.05) is 30.5 Å². The number of aromatic amines is 1. The molecule has 0 bridgehead atoms. The van der Waals surface area contributed by atoms with Crippen LogP contribution in [0.5, 0.6) is 0 Å². The summed E-state index contributed by atoms with van der Waals surface area (Å²) in [6.45, 7) is 1.98. The molecule has 0 amide bonds. The summed E-state index contributed by atoms with van der Waals surface area (Å²) in [7, 11) is 2.09. The van der Waals surface area contributed by atoms with E-state index in [2.05, 4.69) is 16.9 Å². The predicted octanol–water partition coefficient (Wildman–Crippen LogP) is 0.815. The number of aromatic nitrogens is 1. The normalized spacial score (nSPS) is 17.4. The first kappa shape index (κ1) is 7.55. The van der Waals surface area contributed by atoms with Crippen LogP contribution in [0.15, 0.2) is 6.20 Å². The Balaban J connectivity index is 2.38. The molecule has 12 heavy (non-hydrogen) atoms. The lowest BCUT2D eigenvalue weighted by Gasteiger charge is -2.22. The number of rotatable bonds is 1. The Labute approximate surface area is 71.4 Å². The summed E-state index contributed by atoms with van der Waals surface area (Å²) in [5.74, 6) is 0. The molecular weight excluding hydrogens is 152 g/mol. The third kappa shape index (κ3) is 1.06. The zero-order valence-corrected chi connectivity index (χ0v) is 7.13. The maximum Gasteiger partial charge on any atom is 0.151 e. The van der Waals surface area contributed by atoms with Crippen LogP contribution in [0.1, 0.15) is 21.6 Å². The van der Waals surface area contributed by atoms with Crippen LogP contribution in [0.3, 0.4) is 0 Å². The van der Waals surface area contributed by atoms with Gasteiger partial charge in [-0.1, -0.05) is 0 Å². The van der Waals surface area contributed by atoms with Crippen molar-refractivity contribution in [3.63, 3.8) is 0 Å². The van der Waals surface area contributed by atoms with Crippen molar-refractivity contribution in [2.24, 2.45) is 0 Å². The van der Waals surface area contributed by atoms with Crippen LogP contribution < -0.4 is 0 Å². The van der Waals surface area contributed by atoms with Crippen molar-refractivity contribution in [3.8, 4) is 0 Å². The zero-order valence-electron chi connectivity index (χ0n) is 7.13. The van der Waals surface area contributed by atoms with Gasteiger partial charge in [-0.15, -0.1) is 0 Å². The summed E-state index contributed by atoms with van der Waals surface area (Å²) in [5.41, 5.74) is 3.24. The van der Waals surface area contributed by atoms with Crippen LogP contribution in [0.4, 0.5) is 0 Å². The van der Waals surface area contributed by atoms with E-state index in [1.54, 1.807) is 6.20 Å². The zero-order chi connectivity index (χ0) is 8.55. The average molecular weight is 164 g/mol. The summed E-state index contributed by atoms with van der Waals surface area (Å²) in [4.78, 5) is 16.0. The molecule has 0 saturated heterocycles. The second kappa shape index (κ2) is 2.75. The molecule has 1 aliphatic heterocycles. The van der Waals surface area contributed by atoms with Gasteiger partial charge in [-0.2, -0.15) is 0 Å². The smallest absolute Gasteiger partial charge is 0.151 e. The number of carbonyl (C=O) groups excluding carboxylic acids is 1. The Morgan fingerprint density at radius 3 is 3.25 bits per heavy atom. The lowest BCUT2D eigenvalue weighted by atomic mass is 10.0. The lowest BCUT2D eigenvalue weighted by Crippen LogP contribution is -2.26. The van der Waals surface area contributed by atoms with Gasteiger partial charge >= 0.3 is 0 Å². The van der Waals surface area contributed by atoms with Gasteiger partial charge in [-0.25, -0.2) is 0 Å². The van der Waals surface area contributed by atoms with Crippen LogP contribution in [0, 0.1) is 0 Å². The molecule has 0 aromatic carbocycles. The van der Waals surface area contributed by atoms with E-state index in [1.807, 2.05) is 0 Å². The quantitative estimate of drug-likeness (QED) is 0.624. The second-order valence-corrected chi connectivity index (χ2v) is 3.31.